The molecule has 2 aliphatic heterocycles. The van der Waals surface area contributed by atoms with Crippen molar-refractivity contribution in [3.63, 3.8) is 0 Å². The third kappa shape index (κ3) is 3.70. The van der Waals surface area contributed by atoms with E-state index in [0.717, 1.165) is 5.56 Å². The summed E-state index contributed by atoms with van der Waals surface area (Å²) in [5.41, 5.74) is 0.613. The Bertz CT molecular complexity index is 794. The molecule has 8 nitrogen and oxygen atoms in total. The van der Waals surface area contributed by atoms with E-state index in [1.165, 1.54) is 7.11 Å². The Morgan fingerprint density at radius 2 is 1.96 bits per heavy atom. The molecule has 1 fully saturated rings. The summed E-state index contributed by atoms with van der Waals surface area (Å²) in [5, 5.41) is 1.77. The van der Waals surface area contributed by atoms with Crippen LogP contribution in [0.3, 0.4) is 0 Å². The molecule has 2 heterocycles. The van der Waals surface area contributed by atoms with Gasteiger partial charge in [0.15, 0.2) is 11.4 Å². The Hall–Kier alpha value is -2.58. The molecule has 0 aliphatic carbocycles. The van der Waals surface area contributed by atoms with Crippen molar-refractivity contribution in [1.82, 2.24) is 5.06 Å². The van der Waals surface area contributed by atoms with Gasteiger partial charge in [0, 0.05) is 31.5 Å². The van der Waals surface area contributed by atoms with E-state index >= 15 is 0 Å². The number of esters is 1. The first-order chi connectivity index (χ1) is 13.4. The van der Waals surface area contributed by atoms with Gasteiger partial charge in [0.1, 0.15) is 11.3 Å². The Morgan fingerprint density at radius 3 is 2.57 bits per heavy atom. The number of ether oxygens (including phenoxy) is 4. The van der Waals surface area contributed by atoms with Gasteiger partial charge >= 0.3 is 12.1 Å². The highest BCUT2D eigenvalue weighted by Crippen LogP contribution is 2.46. The molecule has 0 bridgehead atoms. The zero-order chi connectivity index (χ0) is 20.3. The van der Waals surface area contributed by atoms with Crippen molar-refractivity contribution in [2.45, 2.75) is 32.3 Å². The topological polar surface area (TPSA) is 83.5 Å². The van der Waals surface area contributed by atoms with Gasteiger partial charge in [0.25, 0.3) is 0 Å². The predicted molar refractivity (Wildman–Crippen MR) is 99.4 cm³/mol. The van der Waals surface area contributed by atoms with Crippen molar-refractivity contribution in [2.75, 3.05) is 33.9 Å². The Morgan fingerprint density at radius 1 is 1.25 bits per heavy atom. The molecular weight excluding hydrogens is 366 g/mol. The highest BCUT2D eigenvalue weighted by atomic mass is 16.7. The number of carbonyl (C=O) groups excluding carboxylic acids is 2. The standard InChI is InChI=1S/C20H25NO7/c1-5-26-19(23)27-17-16(14-12-13(2)6-7-15(14)24-3)18(22)28-20(17)8-10-21(25-4)11-9-20/h6-7,12H,5,8-11H2,1-4H3. The maximum Gasteiger partial charge on any atom is 0.513 e. The molecule has 1 saturated heterocycles. The van der Waals surface area contributed by atoms with Crippen molar-refractivity contribution in [2.24, 2.45) is 0 Å². The molecule has 0 aromatic heterocycles. The van der Waals surface area contributed by atoms with Crippen LogP contribution in [0.4, 0.5) is 4.79 Å². The van der Waals surface area contributed by atoms with Gasteiger partial charge in [-0.3, -0.25) is 0 Å². The number of nitrogens with zero attached hydrogens (tertiary/aromatic N) is 1. The van der Waals surface area contributed by atoms with Crippen LogP contribution in [-0.2, 0) is 23.8 Å². The van der Waals surface area contributed by atoms with Gasteiger partial charge in [-0.25, -0.2) is 9.59 Å². The first kappa shape index (κ1) is 20.2. The molecule has 0 N–H and O–H groups in total. The molecule has 0 amide bonds. The normalized spacial score (nSPS) is 18.9. The molecule has 3 rings (SSSR count). The minimum absolute atomic E-state index is 0.161. The zero-order valence-electron chi connectivity index (χ0n) is 16.6. The molecule has 1 spiro atoms. The van der Waals surface area contributed by atoms with Gasteiger partial charge < -0.3 is 23.8 Å². The van der Waals surface area contributed by atoms with Gasteiger partial charge in [-0.15, -0.1) is 0 Å². The summed E-state index contributed by atoms with van der Waals surface area (Å²) in [7, 11) is 3.11. The number of hydroxylamine groups is 2. The fraction of sp³-hybridized carbons (Fsp3) is 0.500. The Labute approximate surface area is 163 Å². The Balaban J connectivity index is 2.11. The van der Waals surface area contributed by atoms with E-state index < -0.39 is 17.7 Å². The molecule has 1 aromatic rings. The van der Waals surface area contributed by atoms with E-state index in [1.54, 1.807) is 25.2 Å². The maximum atomic E-state index is 12.9. The van der Waals surface area contributed by atoms with Crippen LogP contribution in [0, 0.1) is 6.92 Å². The lowest BCUT2D eigenvalue weighted by Crippen LogP contribution is -2.46. The first-order valence-corrected chi connectivity index (χ1v) is 9.21. The highest BCUT2D eigenvalue weighted by molar-refractivity contribution is 6.20. The van der Waals surface area contributed by atoms with Gasteiger partial charge in [0.2, 0.25) is 0 Å². The summed E-state index contributed by atoms with van der Waals surface area (Å²) in [5.74, 6) is 0.124. The molecule has 0 unspecified atom stereocenters. The van der Waals surface area contributed by atoms with Gasteiger partial charge in [-0.2, -0.15) is 5.06 Å². The number of rotatable bonds is 5. The molecule has 28 heavy (non-hydrogen) atoms. The molecule has 1 aromatic carbocycles. The van der Waals surface area contributed by atoms with Crippen LogP contribution < -0.4 is 4.74 Å². The molecule has 0 radical (unpaired) electrons. The van der Waals surface area contributed by atoms with Crippen molar-refractivity contribution >= 4 is 17.7 Å². The predicted octanol–water partition coefficient (Wildman–Crippen LogP) is 2.84. The molecule has 0 saturated carbocycles. The SMILES string of the molecule is CCOC(=O)OC1=C(c2cc(C)ccc2OC)C(=O)OC12CCN(OC)CC2. The number of hydrogen-bond donors (Lipinski definition) is 0. The molecule has 152 valence electrons. The minimum atomic E-state index is -1.04. The minimum Gasteiger partial charge on any atom is -0.496 e. The van der Waals surface area contributed by atoms with Crippen molar-refractivity contribution < 1.29 is 33.4 Å². The highest BCUT2D eigenvalue weighted by Gasteiger charge is 2.53. The molecule has 0 atom stereocenters. The smallest absolute Gasteiger partial charge is 0.496 e. The fourth-order valence-corrected chi connectivity index (χ4v) is 3.58. The lowest BCUT2D eigenvalue weighted by Gasteiger charge is -2.37. The number of aryl methyl sites for hydroxylation is 1. The van der Waals surface area contributed by atoms with Crippen molar-refractivity contribution in [3.8, 4) is 5.75 Å². The van der Waals surface area contributed by atoms with Crippen LogP contribution in [0.5, 0.6) is 5.75 Å². The second kappa shape index (κ2) is 8.20. The van der Waals surface area contributed by atoms with E-state index in [-0.39, 0.29) is 17.9 Å². The monoisotopic (exact) mass is 391 g/mol. The number of carbonyl (C=O) groups is 2. The summed E-state index contributed by atoms with van der Waals surface area (Å²) in [4.78, 5) is 30.3. The van der Waals surface area contributed by atoms with Crippen LogP contribution in [0.1, 0.15) is 30.9 Å². The second-order valence-electron chi connectivity index (χ2n) is 6.69. The average Bonchev–Trinajstić information content (AvgIpc) is 2.93. The molecule has 8 heteroatoms. The summed E-state index contributed by atoms with van der Waals surface area (Å²) in [6, 6.07) is 5.46. The van der Waals surface area contributed by atoms with E-state index in [4.69, 9.17) is 23.8 Å². The van der Waals surface area contributed by atoms with E-state index in [0.29, 0.717) is 37.2 Å². The van der Waals surface area contributed by atoms with E-state index in [1.807, 2.05) is 19.1 Å². The Kier molecular flexibility index (Phi) is 5.90. The number of hydrogen-bond acceptors (Lipinski definition) is 8. The van der Waals surface area contributed by atoms with E-state index in [9.17, 15) is 9.59 Å². The lowest BCUT2D eigenvalue weighted by atomic mass is 9.88. The van der Waals surface area contributed by atoms with Crippen molar-refractivity contribution in [3.05, 3.63) is 35.1 Å². The van der Waals surface area contributed by atoms with Gasteiger partial charge in [-0.05, 0) is 26.0 Å². The van der Waals surface area contributed by atoms with Crippen LogP contribution in [0.15, 0.2) is 24.0 Å². The summed E-state index contributed by atoms with van der Waals surface area (Å²) >= 11 is 0. The third-order valence-electron chi connectivity index (χ3n) is 4.99. The first-order valence-electron chi connectivity index (χ1n) is 9.21. The molecular formula is C20H25NO7. The van der Waals surface area contributed by atoms with Crippen LogP contribution in [0.25, 0.3) is 5.57 Å². The van der Waals surface area contributed by atoms with Crippen LogP contribution >= 0.6 is 0 Å². The van der Waals surface area contributed by atoms with Gasteiger partial charge in [-0.1, -0.05) is 11.6 Å². The van der Waals surface area contributed by atoms with E-state index in [2.05, 4.69) is 0 Å². The summed E-state index contributed by atoms with van der Waals surface area (Å²) in [6.07, 6.45) is -0.00813. The van der Waals surface area contributed by atoms with Crippen LogP contribution in [-0.4, -0.2) is 56.7 Å². The lowest BCUT2D eigenvalue weighted by molar-refractivity contribution is -0.183. The fourth-order valence-electron chi connectivity index (χ4n) is 3.58. The maximum absolute atomic E-state index is 12.9. The van der Waals surface area contributed by atoms with Crippen LogP contribution in [0.2, 0.25) is 0 Å². The quantitative estimate of drug-likeness (QED) is 0.709. The number of benzene rings is 1. The average molecular weight is 391 g/mol. The summed E-state index contributed by atoms with van der Waals surface area (Å²) < 4.78 is 21.7. The molecule has 2 aliphatic rings. The number of piperidine rings is 1. The zero-order valence-corrected chi connectivity index (χ0v) is 16.6. The number of methoxy groups -OCH3 is 1. The second-order valence-corrected chi connectivity index (χ2v) is 6.69. The van der Waals surface area contributed by atoms with Crippen molar-refractivity contribution in [1.29, 1.82) is 0 Å². The van der Waals surface area contributed by atoms with Gasteiger partial charge in [0.05, 0.1) is 20.8 Å². The largest absolute Gasteiger partial charge is 0.513 e. The summed E-state index contributed by atoms with van der Waals surface area (Å²) in [6.45, 7) is 4.80. The third-order valence-corrected chi connectivity index (χ3v) is 4.99.